The monoisotopic (exact) mass is 335 g/mol. The first kappa shape index (κ1) is 18.1. The second kappa shape index (κ2) is 7.55. The van der Waals surface area contributed by atoms with Crippen LogP contribution in [0.25, 0.3) is 0 Å². The Kier molecular flexibility index (Phi) is 5.70. The number of carbonyl (C=O) groups is 2. The maximum Gasteiger partial charge on any atom is 0.308 e. The van der Waals surface area contributed by atoms with Crippen LogP contribution in [0.15, 0.2) is 18.2 Å². The van der Waals surface area contributed by atoms with Gasteiger partial charge in [-0.25, -0.2) is 0 Å². The zero-order chi connectivity index (χ0) is 17.9. The number of methoxy groups -OCH3 is 1. The number of nitrogens with zero attached hydrogens (tertiary/aromatic N) is 1. The van der Waals surface area contributed by atoms with Crippen LogP contribution in [0, 0.1) is 11.8 Å². The molecule has 132 valence electrons. The van der Waals surface area contributed by atoms with Crippen LogP contribution in [-0.4, -0.2) is 48.2 Å². The predicted molar refractivity (Wildman–Crippen MR) is 89.6 cm³/mol. The third-order valence-electron chi connectivity index (χ3n) is 4.32. The fraction of sp³-hybridized carbons (Fsp3) is 0.556. The van der Waals surface area contributed by atoms with Crippen LogP contribution in [0.4, 0.5) is 0 Å². The predicted octanol–water partition coefficient (Wildman–Crippen LogP) is 2.67. The highest BCUT2D eigenvalue weighted by Crippen LogP contribution is 2.31. The lowest BCUT2D eigenvalue weighted by molar-refractivity contribution is -0.142. The van der Waals surface area contributed by atoms with Crippen LogP contribution in [0.1, 0.15) is 37.6 Å². The van der Waals surface area contributed by atoms with Gasteiger partial charge in [0.1, 0.15) is 0 Å². The van der Waals surface area contributed by atoms with E-state index in [1.165, 1.54) is 7.11 Å². The van der Waals surface area contributed by atoms with Crippen molar-refractivity contribution in [2.75, 3.05) is 20.3 Å². The van der Waals surface area contributed by atoms with Crippen molar-refractivity contribution in [1.82, 2.24) is 4.90 Å². The normalized spacial score (nSPS) is 20.3. The van der Waals surface area contributed by atoms with Crippen molar-refractivity contribution in [1.29, 1.82) is 0 Å². The molecule has 1 aromatic carbocycles. The first-order chi connectivity index (χ1) is 11.3. The summed E-state index contributed by atoms with van der Waals surface area (Å²) < 4.78 is 11.0. The van der Waals surface area contributed by atoms with Gasteiger partial charge < -0.3 is 19.5 Å². The molecular weight excluding hydrogens is 310 g/mol. The van der Waals surface area contributed by atoms with Gasteiger partial charge in [0, 0.05) is 18.2 Å². The summed E-state index contributed by atoms with van der Waals surface area (Å²) >= 11 is 0. The van der Waals surface area contributed by atoms with Crippen LogP contribution in [0.3, 0.4) is 0 Å². The standard InChI is InChI=1S/C18H25NO5/c1-11(2)10-24-15-6-5-13(9-16(15)23-4)17(20)19-8-7-14(12(19)3)18(21)22/h5-6,9,11-12,14H,7-8,10H2,1-4H3,(H,21,22). The summed E-state index contributed by atoms with van der Waals surface area (Å²) in [6.45, 7) is 6.90. The molecule has 1 fully saturated rings. The summed E-state index contributed by atoms with van der Waals surface area (Å²) in [5, 5.41) is 9.20. The van der Waals surface area contributed by atoms with Gasteiger partial charge in [-0.05, 0) is 37.5 Å². The Morgan fingerprint density at radius 2 is 2.04 bits per heavy atom. The number of benzene rings is 1. The third kappa shape index (κ3) is 3.80. The third-order valence-corrected chi connectivity index (χ3v) is 4.32. The number of carbonyl (C=O) groups excluding carboxylic acids is 1. The number of ether oxygens (including phenoxy) is 2. The molecule has 0 saturated carbocycles. The Morgan fingerprint density at radius 1 is 1.33 bits per heavy atom. The quantitative estimate of drug-likeness (QED) is 0.865. The average molecular weight is 335 g/mol. The van der Waals surface area contributed by atoms with Gasteiger partial charge in [-0.1, -0.05) is 13.8 Å². The molecule has 2 rings (SSSR count). The van der Waals surface area contributed by atoms with E-state index in [9.17, 15) is 14.7 Å². The Hall–Kier alpha value is -2.24. The van der Waals surface area contributed by atoms with E-state index in [4.69, 9.17) is 9.47 Å². The van der Waals surface area contributed by atoms with E-state index < -0.39 is 11.9 Å². The number of rotatable bonds is 6. The largest absolute Gasteiger partial charge is 0.493 e. The van der Waals surface area contributed by atoms with E-state index in [1.54, 1.807) is 30.0 Å². The zero-order valence-electron chi connectivity index (χ0n) is 14.6. The second-order valence-corrected chi connectivity index (χ2v) is 6.54. The van der Waals surface area contributed by atoms with Crippen LogP contribution < -0.4 is 9.47 Å². The molecule has 0 aliphatic carbocycles. The summed E-state index contributed by atoms with van der Waals surface area (Å²) in [5.74, 6) is -0.0598. The van der Waals surface area contributed by atoms with Crippen molar-refractivity contribution < 1.29 is 24.2 Å². The van der Waals surface area contributed by atoms with Gasteiger partial charge in [-0.2, -0.15) is 0 Å². The number of hydrogen-bond donors (Lipinski definition) is 1. The number of amides is 1. The van der Waals surface area contributed by atoms with Gasteiger partial charge in [-0.15, -0.1) is 0 Å². The second-order valence-electron chi connectivity index (χ2n) is 6.54. The van der Waals surface area contributed by atoms with Crippen LogP contribution in [0.2, 0.25) is 0 Å². The van der Waals surface area contributed by atoms with Gasteiger partial charge in [0.15, 0.2) is 11.5 Å². The molecule has 0 radical (unpaired) electrons. The Morgan fingerprint density at radius 3 is 2.58 bits per heavy atom. The summed E-state index contributed by atoms with van der Waals surface area (Å²) in [7, 11) is 1.53. The van der Waals surface area contributed by atoms with Gasteiger partial charge in [0.2, 0.25) is 0 Å². The molecule has 1 heterocycles. The van der Waals surface area contributed by atoms with Gasteiger partial charge in [0.05, 0.1) is 19.6 Å². The van der Waals surface area contributed by atoms with Crippen molar-refractivity contribution in [3.8, 4) is 11.5 Å². The Bertz CT molecular complexity index is 613. The molecule has 1 aliphatic rings. The zero-order valence-corrected chi connectivity index (χ0v) is 14.6. The molecule has 2 atom stereocenters. The number of likely N-dealkylation sites (tertiary alicyclic amines) is 1. The molecule has 1 amide bonds. The lowest BCUT2D eigenvalue weighted by Crippen LogP contribution is -2.37. The smallest absolute Gasteiger partial charge is 0.308 e. The highest BCUT2D eigenvalue weighted by molar-refractivity contribution is 5.95. The molecule has 1 aliphatic heterocycles. The fourth-order valence-corrected chi connectivity index (χ4v) is 2.90. The van der Waals surface area contributed by atoms with Crippen molar-refractivity contribution in [3.05, 3.63) is 23.8 Å². The molecule has 1 aromatic rings. The highest BCUT2D eigenvalue weighted by Gasteiger charge is 2.38. The molecular formula is C18H25NO5. The minimum absolute atomic E-state index is 0.181. The molecule has 1 N–H and O–H groups in total. The van der Waals surface area contributed by atoms with E-state index in [2.05, 4.69) is 13.8 Å². The summed E-state index contributed by atoms with van der Waals surface area (Å²) in [6.07, 6.45) is 0.481. The first-order valence-corrected chi connectivity index (χ1v) is 8.19. The van der Waals surface area contributed by atoms with E-state index in [0.717, 1.165) is 0 Å². The van der Waals surface area contributed by atoms with Crippen molar-refractivity contribution in [2.45, 2.75) is 33.2 Å². The molecule has 6 heteroatoms. The number of carboxylic acids is 1. The maximum absolute atomic E-state index is 12.7. The Labute approximate surface area is 142 Å². The SMILES string of the molecule is COc1cc(C(=O)N2CCC(C(=O)O)C2C)ccc1OCC(C)C. The minimum atomic E-state index is -0.854. The van der Waals surface area contributed by atoms with E-state index >= 15 is 0 Å². The van der Waals surface area contributed by atoms with Crippen LogP contribution in [-0.2, 0) is 4.79 Å². The van der Waals surface area contributed by atoms with Crippen LogP contribution in [0.5, 0.6) is 11.5 Å². The number of carboxylic acid groups (broad SMARTS) is 1. The lowest BCUT2D eigenvalue weighted by atomic mass is 10.0. The topological polar surface area (TPSA) is 76.1 Å². The van der Waals surface area contributed by atoms with E-state index in [-0.39, 0.29) is 11.9 Å². The molecule has 0 bridgehead atoms. The van der Waals surface area contributed by atoms with Gasteiger partial charge >= 0.3 is 5.97 Å². The van der Waals surface area contributed by atoms with Crippen molar-refractivity contribution in [2.24, 2.45) is 11.8 Å². The van der Waals surface area contributed by atoms with Crippen molar-refractivity contribution in [3.63, 3.8) is 0 Å². The average Bonchev–Trinajstić information content (AvgIpc) is 2.93. The van der Waals surface area contributed by atoms with E-state index in [1.807, 2.05) is 0 Å². The van der Waals surface area contributed by atoms with E-state index in [0.29, 0.717) is 42.6 Å². The Balaban J connectivity index is 2.17. The summed E-state index contributed by atoms with van der Waals surface area (Å²) in [4.78, 5) is 25.5. The van der Waals surface area contributed by atoms with Gasteiger partial charge in [0.25, 0.3) is 5.91 Å². The van der Waals surface area contributed by atoms with Crippen molar-refractivity contribution >= 4 is 11.9 Å². The van der Waals surface area contributed by atoms with Crippen LogP contribution >= 0.6 is 0 Å². The number of aliphatic carboxylic acids is 1. The molecule has 2 unspecified atom stereocenters. The highest BCUT2D eigenvalue weighted by atomic mass is 16.5. The van der Waals surface area contributed by atoms with Gasteiger partial charge in [-0.3, -0.25) is 9.59 Å². The minimum Gasteiger partial charge on any atom is -0.493 e. The molecule has 0 spiro atoms. The first-order valence-electron chi connectivity index (χ1n) is 8.19. The summed E-state index contributed by atoms with van der Waals surface area (Å²) in [5.41, 5.74) is 0.474. The summed E-state index contributed by atoms with van der Waals surface area (Å²) in [6, 6.07) is 4.75. The maximum atomic E-state index is 12.7. The molecule has 0 aromatic heterocycles. The fourth-order valence-electron chi connectivity index (χ4n) is 2.90. The number of hydrogen-bond acceptors (Lipinski definition) is 4. The lowest BCUT2D eigenvalue weighted by Gasteiger charge is -2.23. The molecule has 1 saturated heterocycles. The molecule has 24 heavy (non-hydrogen) atoms. The molecule has 6 nitrogen and oxygen atoms in total.